The van der Waals surface area contributed by atoms with Gasteiger partial charge in [-0.05, 0) is 44.0 Å². The van der Waals surface area contributed by atoms with Gasteiger partial charge in [0.1, 0.15) is 5.82 Å². The Kier molecular flexibility index (Phi) is 4.00. The van der Waals surface area contributed by atoms with Gasteiger partial charge in [0.25, 0.3) is 0 Å². The van der Waals surface area contributed by atoms with Crippen LogP contribution in [0.4, 0.5) is 4.39 Å². The summed E-state index contributed by atoms with van der Waals surface area (Å²) in [6, 6.07) is 4.85. The van der Waals surface area contributed by atoms with Gasteiger partial charge in [0.05, 0.1) is 12.7 Å². The van der Waals surface area contributed by atoms with E-state index < -0.39 is 5.79 Å². The molecule has 0 amide bonds. The third kappa shape index (κ3) is 3.51. The molecule has 0 aromatic heterocycles. The number of hydrogen-bond acceptors (Lipinski definition) is 3. The van der Waals surface area contributed by atoms with Gasteiger partial charge in [0, 0.05) is 13.1 Å². The van der Waals surface area contributed by atoms with E-state index in [1.54, 1.807) is 12.1 Å². The number of nitrogens with one attached hydrogen (secondary N) is 1. The van der Waals surface area contributed by atoms with Crippen LogP contribution in [-0.4, -0.2) is 25.0 Å². The summed E-state index contributed by atoms with van der Waals surface area (Å²) in [5, 5.41) is 3.28. The van der Waals surface area contributed by atoms with Crippen molar-refractivity contribution >= 4 is 0 Å². The molecule has 100 valence electrons. The van der Waals surface area contributed by atoms with Crippen molar-refractivity contribution in [3.63, 3.8) is 0 Å². The van der Waals surface area contributed by atoms with Crippen molar-refractivity contribution in [2.75, 3.05) is 13.2 Å². The van der Waals surface area contributed by atoms with Crippen molar-refractivity contribution in [3.05, 3.63) is 35.1 Å². The Bertz CT molecular complexity index is 420. The van der Waals surface area contributed by atoms with Gasteiger partial charge in [0.2, 0.25) is 0 Å². The van der Waals surface area contributed by atoms with Gasteiger partial charge in [-0.25, -0.2) is 4.39 Å². The summed E-state index contributed by atoms with van der Waals surface area (Å²) in [5.74, 6) is -0.680. The van der Waals surface area contributed by atoms with E-state index in [4.69, 9.17) is 9.47 Å². The second kappa shape index (κ2) is 5.34. The predicted octanol–water partition coefficient (Wildman–Crippen LogP) is 2.38. The molecule has 0 spiro atoms. The zero-order valence-electron chi connectivity index (χ0n) is 11.1. The standard InChI is InChI=1S/C14H20FNO2/c1-10-4-5-12(15)6-11(10)7-16-8-13-9-17-14(2,3)18-13/h4-6,13,16H,7-9H2,1-3H3. The third-order valence-electron chi connectivity index (χ3n) is 3.07. The van der Waals surface area contributed by atoms with Crippen LogP contribution in [0.15, 0.2) is 18.2 Å². The first kappa shape index (κ1) is 13.5. The molecule has 1 fully saturated rings. The molecule has 0 aliphatic carbocycles. The fourth-order valence-electron chi connectivity index (χ4n) is 2.06. The Morgan fingerprint density at radius 1 is 1.44 bits per heavy atom. The van der Waals surface area contributed by atoms with Gasteiger partial charge < -0.3 is 14.8 Å². The fourth-order valence-corrected chi connectivity index (χ4v) is 2.06. The van der Waals surface area contributed by atoms with Crippen molar-refractivity contribution < 1.29 is 13.9 Å². The normalized spacial score (nSPS) is 22.3. The highest BCUT2D eigenvalue weighted by Crippen LogP contribution is 2.21. The Labute approximate surface area is 107 Å². The van der Waals surface area contributed by atoms with Crippen molar-refractivity contribution in [1.82, 2.24) is 5.32 Å². The lowest BCUT2D eigenvalue weighted by molar-refractivity contribution is -0.137. The van der Waals surface area contributed by atoms with Gasteiger partial charge in [-0.3, -0.25) is 0 Å². The first-order valence-corrected chi connectivity index (χ1v) is 6.24. The molecular weight excluding hydrogens is 233 g/mol. The molecule has 1 aromatic carbocycles. The zero-order chi connectivity index (χ0) is 13.2. The molecular formula is C14H20FNO2. The fraction of sp³-hybridized carbons (Fsp3) is 0.571. The van der Waals surface area contributed by atoms with Crippen LogP contribution in [0.5, 0.6) is 0 Å². The topological polar surface area (TPSA) is 30.5 Å². The summed E-state index contributed by atoms with van der Waals surface area (Å²) in [4.78, 5) is 0. The molecule has 1 heterocycles. The molecule has 1 atom stereocenters. The van der Waals surface area contributed by atoms with Crippen molar-refractivity contribution in [3.8, 4) is 0 Å². The lowest BCUT2D eigenvalue weighted by Gasteiger charge is -2.17. The zero-order valence-corrected chi connectivity index (χ0v) is 11.1. The van der Waals surface area contributed by atoms with Crippen LogP contribution in [0.1, 0.15) is 25.0 Å². The van der Waals surface area contributed by atoms with Crippen LogP contribution in [-0.2, 0) is 16.0 Å². The van der Waals surface area contributed by atoms with Crippen LogP contribution in [0.2, 0.25) is 0 Å². The first-order chi connectivity index (χ1) is 8.46. The van der Waals surface area contributed by atoms with Gasteiger partial charge in [-0.15, -0.1) is 0 Å². The van der Waals surface area contributed by atoms with Crippen molar-refractivity contribution in [1.29, 1.82) is 0 Å². The summed E-state index contributed by atoms with van der Waals surface area (Å²) >= 11 is 0. The Hall–Kier alpha value is -0.970. The van der Waals surface area contributed by atoms with Crippen LogP contribution in [0.3, 0.4) is 0 Å². The predicted molar refractivity (Wildman–Crippen MR) is 67.7 cm³/mol. The second-order valence-electron chi connectivity index (χ2n) is 5.15. The molecule has 0 saturated carbocycles. The van der Waals surface area contributed by atoms with Crippen molar-refractivity contribution in [2.45, 2.75) is 39.2 Å². The number of hydrogen-bond donors (Lipinski definition) is 1. The van der Waals surface area contributed by atoms with E-state index in [-0.39, 0.29) is 11.9 Å². The molecule has 18 heavy (non-hydrogen) atoms. The van der Waals surface area contributed by atoms with E-state index in [9.17, 15) is 4.39 Å². The maximum Gasteiger partial charge on any atom is 0.163 e. The molecule has 1 aliphatic heterocycles. The van der Waals surface area contributed by atoms with E-state index >= 15 is 0 Å². The number of benzene rings is 1. The SMILES string of the molecule is Cc1ccc(F)cc1CNCC1COC(C)(C)O1. The van der Waals surface area contributed by atoms with Crippen molar-refractivity contribution in [2.24, 2.45) is 0 Å². The lowest BCUT2D eigenvalue weighted by Crippen LogP contribution is -2.30. The Morgan fingerprint density at radius 3 is 2.89 bits per heavy atom. The average molecular weight is 253 g/mol. The van der Waals surface area contributed by atoms with E-state index in [0.717, 1.165) is 11.1 Å². The number of aryl methyl sites for hydroxylation is 1. The van der Waals surface area contributed by atoms with E-state index in [2.05, 4.69) is 5.32 Å². The average Bonchev–Trinajstić information content (AvgIpc) is 2.63. The molecule has 1 aromatic rings. The van der Waals surface area contributed by atoms with E-state index in [0.29, 0.717) is 19.7 Å². The number of rotatable bonds is 4. The summed E-state index contributed by atoms with van der Waals surface area (Å²) in [6.45, 7) is 7.74. The molecule has 0 bridgehead atoms. The highest BCUT2D eigenvalue weighted by atomic mass is 19.1. The number of ether oxygens (including phenoxy) is 2. The summed E-state index contributed by atoms with van der Waals surface area (Å²) < 4.78 is 24.3. The molecule has 4 heteroatoms. The largest absolute Gasteiger partial charge is 0.348 e. The maximum atomic E-state index is 13.1. The van der Waals surface area contributed by atoms with Crippen LogP contribution < -0.4 is 5.32 Å². The molecule has 2 rings (SSSR count). The molecule has 1 N–H and O–H groups in total. The van der Waals surface area contributed by atoms with E-state index in [1.165, 1.54) is 6.07 Å². The quantitative estimate of drug-likeness (QED) is 0.893. The molecule has 1 aliphatic rings. The summed E-state index contributed by atoms with van der Waals surface area (Å²) in [7, 11) is 0. The smallest absolute Gasteiger partial charge is 0.163 e. The monoisotopic (exact) mass is 253 g/mol. The lowest BCUT2D eigenvalue weighted by atomic mass is 10.1. The van der Waals surface area contributed by atoms with Gasteiger partial charge in [-0.1, -0.05) is 6.07 Å². The van der Waals surface area contributed by atoms with Gasteiger partial charge in [0.15, 0.2) is 5.79 Å². The minimum absolute atomic E-state index is 0.0638. The Morgan fingerprint density at radius 2 is 2.22 bits per heavy atom. The maximum absolute atomic E-state index is 13.1. The second-order valence-corrected chi connectivity index (χ2v) is 5.15. The summed E-state index contributed by atoms with van der Waals surface area (Å²) in [6.07, 6.45) is 0.0638. The molecule has 1 unspecified atom stereocenters. The van der Waals surface area contributed by atoms with Crippen LogP contribution >= 0.6 is 0 Å². The van der Waals surface area contributed by atoms with Gasteiger partial charge in [-0.2, -0.15) is 0 Å². The van der Waals surface area contributed by atoms with Crippen LogP contribution in [0, 0.1) is 12.7 Å². The highest BCUT2D eigenvalue weighted by molar-refractivity contribution is 5.26. The van der Waals surface area contributed by atoms with Gasteiger partial charge >= 0.3 is 0 Å². The molecule has 3 nitrogen and oxygen atoms in total. The molecule has 0 radical (unpaired) electrons. The summed E-state index contributed by atoms with van der Waals surface area (Å²) in [5.41, 5.74) is 2.07. The van der Waals surface area contributed by atoms with Crippen LogP contribution in [0.25, 0.3) is 0 Å². The minimum atomic E-state index is -0.485. The number of halogens is 1. The first-order valence-electron chi connectivity index (χ1n) is 6.24. The van der Waals surface area contributed by atoms with E-state index in [1.807, 2.05) is 20.8 Å². The Balaban J connectivity index is 1.80. The third-order valence-corrected chi connectivity index (χ3v) is 3.07. The highest BCUT2D eigenvalue weighted by Gasteiger charge is 2.32. The minimum Gasteiger partial charge on any atom is -0.348 e. The molecule has 1 saturated heterocycles.